The number of carbonyl (C=O) groups excluding carboxylic acids is 2. The molecule has 0 atom stereocenters. The standard InChI is InChI=1S/C18H19N3O4/c1-2-24-17(22)12-25-14-9-7-13(8-10-14)11-20-21-18(23)15-5-3-4-6-16(15)19/h3-11H,2,12,19H2,1H3,(H,21,23)/b20-11+. The van der Waals surface area contributed by atoms with Crippen molar-refractivity contribution in [2.45, 2.75) is 6.92 Å². The lowest BCUT2D eigenvalue weighted by Crippen LogP contribution is -2.19. The van der Waals surface area contributed by atoms with E-state index < -0.39 is 5.97 Å². The van der Waals surface area contributed by atoms with Crippen LogP contribution in [-0.2, 0) is 9.53 Å². The van der Waals surface area contributed by atoms with E-state index in [0.717, 1.165) is 5.56 Å². The summed E-state index contributed by atoms with van der Waals surface area (Å²) in [5.74, 6) is -0.272. The highest BCUT2D eigenvalue weighted by Crippen LogP contribution is 2.12. The SMILES string of the molecule is CCOC(=O)COc1ccc(/C=N/NC(=O)c2ccccc2N)cc1. The third-order valence-corrected chi connectivity index (χ3v) is 3.13. The molecule has 0 aromatic heterocycles. The molecule has 7 heteroatoms. The molecule has 0 saturated heterocycles. The van der Waals surface area contributed by atoms with Gasteiger partial charge < -0.3 is 15.2 Å². The van der Waals surface area contributed by atoms with Crippen molar-refractivity contribution in [2.24, 2.45) is 5.10 Å². The van der Waals surface area contributed by atoms with Gasteiger partial charge in [0.15, 0.2) is 6.61 Å². The highest BCUT2D eigenvalue weighted by molar-refractivity contribution is 5.99. The molecule has 0 aliphatic rings. The van der Waals surface area contributed by atoms with Crippen LogP contribution in [0.25, 0.3) is 0 Å². The van der Waals surface area contributed by atoms with E-state index in [0.29, 0.717) is 23.6 Å². The summed E-state index contributed by atoms with van der Waals surface area (Å²) in [5.41, 5.74) is 9.65. The zero-order valence-electron chi connectivity index (χ0n) is 13.8. The summed E-state index contributed by atoms with van der Waals surface area (Å²) in [6.45, 7) is 1.91. The molecule has 0 saturated carbocycles. The third kappa shape index (κ3) is 5.65. The molecule has 0 fully saturated rings. The summed E-state index contributed by atoms with van der Waals surface area (Å²) in [6.07, 6.45) is 1.49. The van der Waals surface area contributed by atoms with Crippen LogP contribution in [0, 0.1) is 0 Å². The molecule has 2 aromatic rings. The van der Waals surface area contributed by atoms with Crippen LogP contribution in [0.15, 0.2) is 53.6 Å². The average Bonchev–Trinajstić information content (AvgIpc) is 2.61. The quantitative estimate of drug-likeness (QED) is 0.347. The zero-order chi connectivity index (χ0) is 18.1. The van der Waals surface area contributed by atoms with Gasteiger partial charge in [-0.05, 0) is 48.9 Å². The van der Waals surface area contributed by atoms with E-state index in [-0.39, 0.29) is 12.5 Å². The summed E-state index contributed by atoms with van der Waals surface area (Å²) in [4.78, 5) is 23.2. The Bertz CT molecular complexity index is 757. The Morgan fingerprint density at radius 3 is 2.56 bits per heavy atom. The van der Waals surface area contributed by atoms with Crippen molar-refractivity contribution in [3.8, 4) is 5.75 Å². The smallest absolute Gasteiger partial charge is 0.344 e. The number of para-hydroxylation sites is 1. The molecule has 25 heavy (non-hydrogen) atoms. The number of hydrazone groups is 1. The highest BCUT2D eigenvalue weighted by atomic mass is 16.6. The van der Waals surface area contributed by atoms with Crippen LogP contribution in [0.1, 0.15) is 22.8 Å². The largest absolute Gasteiger partial charge is 0.482 e. The summed E-state index contributed by atoms with van der Waals surface area (Å²) >= 11 is 0. The summed E-state index contributed by atoms with van der Waals surface area (Å²) < 4.78 is 10.1. The number of benzene rings is 2. The Hall–Kier alpha value is -3.35. The van der Waals surface area contributed by atoms with Crippen LogP contribution in [-0.4, -0.2) is 31.3 Å². The number of anilines is 1. The van der Waals surface area contributed by atoms with E-state index in [4.69, 9.17) is 15.2 Å². The highest BCUT2D eigenvalue weighted by Gasteiger charge is 2.07. The maximum atomic E-state index is 11.9. The Labute approximate surface area is 145 Å². The first kappa shape index (κ1) is 18.0. The minimum atomic E-state index is -0.420. The molecule has 7 nitrogen and oxygen atoms in total. The Kier molecular flexibility index (Phi) is 6.53. The maximum absolute atomic E-state index is 11.9. The number of hydrogen-bond donors (Lipinski definition) is 2. The van der Waals surface area contributed by atoms with E-state index in [1.807, 2.05) is 0 Å². The molecule has 130 valence electrons. The molecule has 0 aliphatic carbocycles. The molecule has 2 aromatic carbocycles. The Morgan fingerprint density at radius 2 is 1.88 bits per heavy atom. The lowest BCUT2D eigenvalue weighted by molar-refractivity contribution is -0.145. The predicted molar refractivity (Wildman–Crippen MR) is 94.5 cm³/mol. The first-order chi connectivity index (χ1) is 12.1. The van der Waals surface area contributed by atoms with Gasteiger partial charge in [0.1, 0.15) is 5.75 Å². The third-order valence-electron chi connectivity index (χ3n) is 3.13. The van der Waals surface area contributed by atoms with Gasteiger partial charge in [-0.25, -0.2) is 10.2 Å². The molecule has 1 amide bonds. The Morgan fingerprint density at radius 1 is 1.16 bits per heavy atom. The first-order valence-electron chi connectivity index (χ1n) is 7.66. The maximum Gasteiger partial charge on any atom is 0.344 e. The van der Waals surface area contributed by atoms with Crippen molar-refractivity contribution in [3.05, 3.63) is 59.7 Å². The fourth-order valence-corrected chi connectivity index (χ4v) is 1.92. The second kappa shape index (κ2) is 9.07. The molecule has 0 aliphatic heterocycles. The first-order valence-corrected chi connectivity index (χ1v) is 7.66. The topological polar surface area (TPSA) is 103 Å². The minimum Gasteiger partial charge on any atom is -0.482 e. The molecule has 2 rings (SSSR count). The number of hydrogen-bond acceptors (Lipinski definition) is 6. The van der Waals surface area contributed by atoms with Crippen LogP contribution >= 0.6 is 0 Å². The van der Waals surface area contributed by atoms with E-state index >= 15 is 0 Å². The van der Waals surface area contributed by atoms with Gasteiger partial charge in [-0.15, -0.1) is 0 Å². The number of nitrogens with zero attached hydrogens (tertiary/aromatic N) is 1. The van der Waals surface area contributed by atoms with Crippen molar-refractivity contribution in [1.29, 1.82) is 0 Å². The van der Waals surface area contributed by atoms with E-state index in [1.165, 1.54) is 6.21 Å². The fourth-order valence-electron chi connectivity index (χ4n) is 1.92. The number of amides is 1. The molecule has 0 unspecified atom stereocenters. The predicted octanol–water partition coefficient (Wildman–Crippen LogP) is 1.97. The van der Waals surface area contributed by atoms with Gasteiger partial charge in [0, 0.05) is 5.69 Å². The summed E-state index contributed by atoms with van der Waals surface area (Å²) in [5, 5.41) is 3.89. The number of nitrogens with one attached hydrogen (secondary N) is 1. The van der Waals surface area contributed by atoms with E-state index in [9.17, 15) is 9.59 Å². The summed E-state index contributed by atoms with van der Waals surface area (Å²) in [7, 11) is 0. The van der Waals surface area contributed by atoms with Crippen LogP contribution in [0.2, 0.25) is 0 Å². The van der Waals surface area contributed by atoms with Crippen molar-refractivity contribution >= 4 is 23.8 Å². The van der Waals surface area contributed by atoms with Gasteiger partial charge in [0.2, 0.25) is 0 Å². The zero-order valence-corrected chi connectivity index (χ0v) is 13.8. The van der Waals surface area contributed by atoms with Gasteiger partial charge in [-0.2, -0.15) is 5.10 Å². The van der Waals surface area contributed by atoms with Gasteiger partial charge in [0.25, 0.3) is 5.91 Å². The molecular formula is C18H19N3O4. The van der Waals surface area contributed by atoms with Gasteiger partial charge in [-0.1, -0.05) is 12.1 Å². The second-order valence-corrected chi connectivity index (χ2v) is 4.95. The van der Waals surface area contributed by atoms with Crippen LogP contribution in [0.4, 0.5) is 5.69 Å². The van der Waals surface area contributed by atoms with Crippen molar-refractivity contribution < 1.29 is 19.1 Å². The average molecular weight is 341 g/mol. The van der Waals surface area contributed by atoms with Crippen molar-refractivity contribution in [1.82, 2.24) is 5.43 Å². The molecule has 0 heterocycles. The molecule has 0 radical (unpaired) electrons. The number of esters is 1. The van der Waals surface area contributed by atoms with Gasteiger partial charge in [0.05, 0.1) is 18.4 Å². The molecule has 0 spiro atoms. The molecule has 0 bridgehead atoms. The van der Waals surface area contributed by atoms with Crippen LogP contribution in [0.5, 0.6) is 5.75 Å². The van der Waals surface area contributed by atoms with Crippen LogP contribution < -0.4 is 15.9 Å². The van der Waals surface area contributed by atoms with Crippen LogP contribution in [0.3, 0.4) is 0 Å². The second-order valence-electron chi connectivity index (χ2n) is 4.95. The van der Waals surface area contributed by atoms with Gasteiger partial charge in [-0.3, -0.25) is 4.79 Å². The lowest BCUT2D eigenvalue weighted by Gasteiger charge is -2.05. The number of carbonyl (C=O) groups is 2. The van der Waals surface area contributed by atoms with Gasteiger partial charge >= 0.3 is 5.97 Å². The number of ether oxygens (including phenoxy) is 2. The molecular weight excluding hydrogens is 322 g/mol. The monoisotopic (exact) mass is 341 g/mol. The number of nitrogens with two attached hydrogens (primary N) is 1. The number of rotatable bonds is 7. The number of nitrogen functional groups attached to an aromatic ring is 1. The Balaban J connectivity index is 1.86. The van der Waals surface area contributed by atoms with Crippen molar-refractivity contribution in [3.63, 3.8) is 0 Å². The van der Waals surface area contributed by atoms with E-state index in [1.54, 1.807) is 55.5 Å². The lowest BCUT2D eigenvalue weighted by atomic mass is 10.2. The summed E-state index contributed by atoms with van der Waals surface area (Å²) in [6, 6.07) is 13.6. The minimum absolute atomic E-state index is 0.143. The fraction of sp³-hybridized carbons (Fsp3) is 0.167. The normalized spacial score (nSPS) is 10.4. The van der Waals surface area contributed by atoms with Crippen molar-refractivity contribution in [2.75, 3.05) is 18.9 Å². The van der Waals surface area contributed by atoms with E-state index in [2.05, 4.69) is 10.5 Å². The molecule has 3 N–H and O–H groups in total.